The number of halogens is 1. The van der Waals surface area contributed by atoms with Crippen molar-refractivity contribution in [2.24, 2.45) is 4.99 Å². The van der Waals surface area contributed by atoms with Crippen molar-refractivity contribution in [3.63, 3.8) is 0 Å². The fourth-order valence-electron chi connectivity index (χ4n) is 1.84. The van der Waals surface area contributed by atoms with Crippen molar-refractivity contribution >= 4 is 29.9 Å². The zero-order valence-electron chi connectivity index (χ0n) is 10.2. The van der Waals surface area contributed by atoms with Crippen LogP contribution in [0.15, 0.2) is 17.6 Å². The number of likely N-dealkylation sites (tertiary alicyclic amines) is 1. The van der Waals surface area contributed by atoms with Crippen molar-refractivity contribution < 1.29 is 0 Å². The molecule has 0 aliphatic carbocycles. The standard InChI is InChI=1S/C11H22N4.HI/c1-4-7-13-11(12-2)14-9-10-6-5-8-15(10)3;/h4,10H,1,5-9H2,2-3H3,(H2,12,13,14);1H. The van der Waals surface area contributed by atoms with E-state index in [-0.39, 0.29) is 24.0 Å². The summed E-state index contributed by atoms with van der Waals surface area (Å²) >= 11 is 0. The molecule has 1 saturated heterocycles. The summed E-state index contributed by atoms with van der Waals surface area (Å²) < 4.78 is 0. The van der Waals surface area contributed by atoms with Gasteiger partial charge in [0.2, 0.25) is 0 Å². The Labute approximate surface area is 116 Å². The summed E-state index contributed by atoms with van der Waals surface area (Å²) in [4.78, 5) is 6.54. The number of rotatable bonds is 4. The largest absolute Gasteiger partial charge is 0.355 e. The highest BCUT2D eigenvalue weighted by atomic mass is 127. The minimum absolute atomic E-state index is 0. The Kier molecular flexibility index (Phi) is 8.64. The molecule has 0 aromatic rings. The van der Waals surface area contributed by atoms with Gasteiger partial charge in [-0.1, -0.05) is 6.08 Å². The maximum Gasteiger partial charge on any atom is 0.191 e. The smallest absolute Gasteiger partial charge is 0.191 e. The number of nitrogens with zero attached hydrogens (tertiary/aromatic N) is 2. The van der Waals surface area contributed by atoms with Crippen molar-refractivity contribution in [3.8, 4) is 0 Å². The predicted octanol–water partition coefficient (Wildman–Crippen LogP) is 1.05. The number of nitrogens with one attached hydrogen (secondary N) is 2. The molecule has 0 amide bonds. The highest BCUT2D eigenvalue weighted by molar-refractivity contribution is 14.0. The fourth-order valence-corrected chi connectivity index (χ4v) is 1.84. The van der Waals surface area contributed by atoms with Crippen LogP contribution in [0.25, 0.3) is 0 Å². The number of hydrogen-bond donors (Lipinski definition) is 2. The average molecular weight is 338 g/mol. The Morgan fingerprint density at radius 1 is 1.56 bits per heavy atom. The van der Waals surface area contributed by atoms with Gasteiger partial charge in [0, 0.05) is 26.2 Å². The molecule has 1 rings (SSSR count). The maximum atomic E-state index is 4.14. The summed E-state index contributed by atoms with van der Waals surface area (Å²) in [7, 11) is 3.97. The first-order valence-electron chi connectivity index (χ1n) is 5.53. The van der Waals surface area contributed by atoms with Crippen LogP contribution in [0.2, 0.25) is 0 Å². The normalized spacial score (nSPS) is 21.4. The summed E-state index contributed by atoms with van der Waals surface area (Å²) in [5, 5.41) is 6.49. The van der Waals surface area contributed by atoms with Crippen LogP contribution in [0.3, 0.4) is 0 Å². The molecule has 1 atom stereocenters. The van der Waals surface area contributed by atoms with Crippen molar-refractivity contribution in [2.45, 2.75) is 18.9 Å². The van der Waals surface area contributed by atoms with Gasteiger partial charge < -0.3 is 15.5 Å². The molecule has 16 heavy (non-hydrogen) atoms. The maximum absolute atomic E-state index is 4.14. The Morgan fingerprint density at radius 3 is 2.81 bits per heavy atom. The predicted molar refractivity (Wildman–Crippen MR) is 80.6 cm³/mol. The van der Waals surface area contributed by atoms with E-state index in [1.54, 1.807) is 7.05 Å². The first kappa shape index (κ1) is 15.7. The van der Waals surface area contributed by atoms with Gasteiger partial charge in [-0.2, -0.15) is 0 Å². The molecular weight excluding hydrogens is 315 g/mol. The summed E-state index contributed by atoms with van der Waals surface area (Å²) in [5.41, 5.74) is 0. The van der Waals surface area contributed by atoms with Crippen LogP contribution in [0.5, 0.6) is 0 Å². The highest BCUT2D eigenvalue weighted by Crippen LogP contribution is 2.13. The van der Waals surface area contributed by atoms with Crippen LogP contribution in [0, 0.1) is 0 Å². The van der Waals surface area contributed by atoms with E-state index in [1.807, 2.05) is 6.08 Å². The van der Waals surface area contributed by atoms with E-state index in [4.69, 9.17) is 0 Å². The number of guanidine groups is 1. The second kappa shape index (κ2) is 8.81. The molecule has 0 aromatic heterocycles. The Morgan fingerprint density at radius 2 is 2.31 bits per heavy atom. The third-order valence-electron chi connectivity index (χ3n) is 2.81. The van der Waals surface area contributed by atoms with E-state index in [0.717, 1.165) is 19.0 Å². The molecule has 1 fully saturated rings. The van der Waals surface area contributed by atoms with Gasteiger partial charge >= 0.3 is 0 Å². The first-order chi connectivity index (χ1) is 7.27. The molecule has 0 spiro atoms. The lowest BCUT2D eigenvalue weighted by Gasteiger charge is -2.21. The molecule has 5 heteroatoms. The van der Waals surface area contributed by atoms with Crippen LogP contribution in [-0.2, 0) is 0 Å². The van der Waals surface area contributed by atoms with Crippen LogP contribution in [0.4, 0.5) is 0 Å². The monoisotopic (exact) mass is 338 g/mol. The molecule has 0 saturated carbocycles. The molecule has 1 aliphatic rings. The molecule has 2 N–H and O–H groups in total. The van der Waals surface area contributed by atoms with Gasteiger partial charge in [-0.05, 0) is 26.4 Å². The average Bonchev–Trinajstić information content (AvgIpc) is 2.65. The minimum atomic E-state index is 0. The van der Waals surface area contributed by atoms with E-state index in [9.17, 15) is 0 Å². The molecule has 1 aliphatic heterocycles. The second-order valence-corrected chi connectivity index (χ2v) is 3.90. The van der Waals surface area contributed by atoms with Gasteiger partial charge in [-0.25, -0.2) is 0 Å². The zero-order valence-corrected chi connectivity index (χ0v) is 12.5. The number of likely N-dealkylation sites (N-methyl/N-ethyl adjacent to an activating group) is 1. The molecule has 0 aromatic carbocycles. The summed E-state index contributed by atoms with van der Waals surface area (Å²) in [6.45, 7) is 6.59. The number of aliphatic imine (C=N–C) groups is 1. The molecule has 1 heterocycles. The van der Waals surface area contributed by atoms with Gasteiger partial charge in [0.15, 0.2) is 5.96 Å². The lowest BCUT2D eigenvalue weighted by molar-refractivity contribution is 0.309. The van der Waals surface area contributed by atoms with Crippen LogP contribution >= 0.6 is 24.0 Å². The SMILES string of the molecule is C=CCNC(=NC)NCC1CCCN1C.I. The van der Waals surface area contributed by atoms with Gasteiger partial charge in [-0.15, -0.1) is 30.6 Å². The van der Waals surface area contributed by atoms with E-state index in [2.05, 4.69) is 34.2 Å². The Bertz CT molecular complexity index is 230. The summed E-state index contributed by atoms with van der Waals surface area (Å²) in [6, 6.07) is 0.646. The van der Waals surface area contributed by atoms with Crippen molar-refractivity contribution in [1.82, 2.24) is 15.5 Å². The molecule has 4 nitrogen and oxygen atoms in total. The van der Waals surface area contributed by atoms with E-state index < -0.39 is 0 Å². The van der Waals surface area contributed by atoms with Crippen LogP contribution < -0.4 is 10.6 Å². The fraction of sp³-hybridized carbons (Fsp3) is 0.727. The van der Waals surface area contributed by atoms with Crippen molar-refractivity contribution in [3.05, 3.63) is 12.7 Å². The summed E-state index contributed by atoms with van der Waals surface area (Å²) in [5.74, 6) is 0.857. The lowest BCUT2D eigenvalue weighted by atomic mass is 10.2. The molecular formula is C11H23IN4. The second-order valence-electron chi connectivity index (χ2n) is 3.90. The van der Waals surface area contributed by atoms with Crippen LogP contribution in [0.1, 0.15) is 12.8 Å². The summed E-state index contributed by atoms with van der Waals surface area (Å²) in [6.07, 6.45) is 4.41. The van der Waals surface area contributed by atoms with Gasteiger partial charge in [-0.3, -0.25) is 4.99 Å². The van der Waals surface area contributed by atoms with E-state index in [0.29, 0.717) is 6.04 Å². The third kappa shape index (κ3) is 5.16. The van der Waals surface area contributed by atoms with Gasteiger partial charge in [0.25, 0.3) is 0 Å². The molecule has 0 radical (unpaired) electrons. The molecule has 94 valence electrons. The van der Waals surface area contributed by atoms with Gasteiger partial charge in [0.1, 0.15) is 0 Å². The van der Waals surface area contributed by atoms with Crippen molar-refractivity contribution in [1.29, 1.82) is 0 Å². The van der Waals surface area contributed by atoms with E-state index >= 15 is 0 Å². The Hall–Kier alpha value is -0.300. The van der Waals surface area contributed by atoms with E-state index in [1.165, 1.54) is 19.4 Å². The topological polar surface area (TPSA) is 39.7 Å². The first-order valence-corrected chi connectivity index (χ1v) is 5.53. The number of hydrogen-bond acceptors (Lipinski definition) is 2. The lowest BCUT2D eigenvalue weighted by Crippen LogP contribution is -2.43. The van der Waals surface area contributed by atoms with Crippen molar-refractivity contribution in [2.75, 3.05) is 33.7 Å². The zero-order chi connectivity index (χ0) is 11.1. The van der Waals surface area contributed by atoms with Crippen LogP contribution in [-0.4, -0.2) is 50.6 Å². The molecule has 0 bridgehead atoms. The minimum Gasteiger partial charge on any atom is -0.355 e. The van der Waals surface area contributed by atoms with Gasteiger partial charge in [0.05, 0.1) is 0 Å². The highest BCUT2D eigenvalue weighted by Gasteiger charge is 2.20. The Balaban J connectivity index is 0.00000225. The quantitative estimate of drug-likeness (QED) is 0.348. The molecule has 1 unspecified atom stereocenters. The third-order valence-corrected chi connectivity index (χ3v) is 2.81.